The van der Waals surface area contributed by atoms with Gasteiger partial charge >= 0.3 is 0 Å². The maximum atomic E-state index is 12.6. The molecule has 0 aliphatic rings. The number of hydrogen-bond donors (Lipinski definition) is 2. The molecule has 0 heterocycles. The second-order valence-corrected chi connectivity index (χ2v) is 7.51. The van der Waals surface area contributed by atoms with E-state index in [0.717, 1.165) is 11.1 Å². The molecule has 3 rings (SSSR count). The molecule has 2 N–H and O–H groups in total. The SMILES string of the molecule is COc1ccc(NC(=O)COc2ccc(/C=C(/C#N)C(=O)Nc3cccc(C)c3C)cc2)cc1. The number of rotatable bonds is 8. The number of benzene rings is 3. The van der Waals surface area contributed by atoms with Crippen molar-refractivity contribution >= 4 is 29.3 Å². The van der Waals surface area contributed by atoms with Gasteiger partial charge in [-0.15, -0.1) is 0 Å². The lowest BCUT2D eigenvalue weighted by Crippen LogP contribution is -2.20. The number of nitrogens with zero attached hydrogens (tertiary/aromatic N) is 1. The number of ether oxygens (including phenoxy) is 2. The molecule has 0 saturated carbocycles. The quantitative estimate of drug-likeness (QED) is 0.373. The number of carbonyl (C=O) groups excluding carboxylic acids is 2. The summed E-state index contributed by atoms with van der Waals surface area (Å²) >= 11 is 0. The summed E-state index contributed by atoms with van der Waals surface area (Å²) < 4.78 is 10.6. The van der Waals surface area contributed by atoms with E-state index in [2.05, 4.69) is 10.6 Å². The first-order valence-corrected chi connectivity index (χ1v) is 10.6. The number of methoxy groups -OCH3 is 1. The highest BCUT2D eigenvalue weighted by Gasteiger charge is 2.12. The molecule has 0 aliphatic carbocycles. The number of carbonyl (C=O) groups is 2. The van der Waals surface area contributed by atoms with Crippen molar-refractivity contribution in [2.75, 3.05) is 24.4 Å². The fourth-order valence-electron chi connectivity index (χ4n) is 3.07. The number of aryl methyl sites for hydroxylation is 1. The van der Waals surface area contributed by atoms with Crippen LogP contribution in [-0.4, -0.2) is 25.5 Å². The molecule has 2 amide bonds. The van der Waals surface area contributed by atoms with Crippen LogP contribution in [0.25, 0.3) is 6.08 Å². The predicted molar refractivity (Wildman–Crippen MR) is 132 cm³/mol. The minimum atomic E-state index is -0.480. The van der Waals surface area contributed by atoms with E-state index >= 15 is 0 Å². The summed E-state index contributed by atoms with van der Waals surface area (Å²) in [5.41, 5.74) is 3.94. The Morgan fingerprint density at radius 1 is 0.941 bits per heavy atom. The third-order valence-corrected chi connectivity index (χ3v) is 5.15. The largest absolute Gasteiger partial charge is 0.497 e. The molecule has 3 aromatic rings. The molecule has 7 heteroatoms. The minimum Gasteiger partial charge on any atom is -0.497 e. The molecule has 0 bridgehead atoms. The van der Waals surface area contributed by atoms with Crippen molar-refractivity contribution in [3.05, 3.63) is 89.0 Å². The normalized spacial score (nSPS) is 10.7. The first-order chi connectivity index (χ1) is 16.4. The monoisotopic (exact) mass is 455 g/mol. The number of nitriles is 1. The molecule has 0 aromatic heterocycles. The second kappa shape index (κ2) is 11.3. The average molecular weight is 456 g/mol. The highest BCUT2D eigenvalue weighted by Crippen LogP contribution is 2.20. The van der Waals surface area contributed by atoms with Crippen molar-refractivity contribution < 1.29 is 19.1 Å². The summed E-state index contributed by atoms with van der Waals surface area (Å²) in [7, 11) is 1.57. The zero-order valence-electron chi connectivity index (χ0n) is 19.2. The lowest BCUT2D eigenvalue weighted by molar-refractivity contribution is -0.118. The van der Waals surface area contributed by atoms with Gasteiger partial charge in [0.25, 0.3) is 11.8 Å². The Hall–Kier alpha value is -4.57. The van der Waals surface area contributed by atoms with Gasteiger partial charge in [-0.3, -0.25) is 9.59 Å². The Morgan fingerprint density at radius 2 is 1.62 bits per heavy atom. The highest BCUT2D eigenvalue weighted by atomic mass is 16.5. The second-order valence-electron chi connectivity index (χ2n) is 7.51. The molecule has 172 valence electrons. The van der Waals surface area contributed by atoms with Gasteiger partial charge in [-0.25, -0.2) is 0 Å². The smallest absolute Gasteiger partial charge is 0.266 e. The lowest BCUT2D eigenvalue weighted by Gasteiger charge is -2.10. The van der Waals surface area contributed by atoms with Crippen LogP contribution in [0, 0.1) is 25.2 Å². The first kappa shape index (κ1) is 24.1. The van der Waals surface area contributed by atoms with Crippen LogP contribution in [0.3, 0.4) is 0 Å². The van der Waals surface area contributed by atoms with Crippen molar-refractivity contribution in [2.24, 2.45) is 0 Å². The van der Waals surface area contributed by atoms with E-state index < -0.39 is 5.91 Å². The van der Waals surface area contributed by atoms with Gasteiger partial charge in [0.15, 0.2) is 6.61 Å². The van der Waals surface area contributed by atoms with Crippen molar-refractivity contribution in [3.63, 3.8) is 0 Å². The van der Waals surface area contributed by atoms with Gasteiger partial charge in [0.05, 0.1) is 7.11 Å². The fraction of sp³-hybridized carbons (Fsp3) is 0.148. The van der Waals surface area contributed by atoms with E-state index in [0.29, 0.717) is 28.4 Å². The van der Waals surface area contributed by atoms with E-state index in [-0.39, 0.29) is 18.1 Å². The van der Waals surface area contributed by atoms with Gasteiger partial charge in [-0.2, -0.15) is 5.26 Å². The zero-order chi connectivity index (χ0) is 24.5. The summed E-state index contributed by atoms with van der Waals surface area (Å²) in [5, 5.41) is 15.0. The molecule has 0 saturated heterocycles. The van der Waals surface area contributed by atoms with Gasteiger partial charge in [0.2, 0.25) is 0 Å². The van der Waals surface area contributed by atoms with Gasteiger partial charge in [0, 0.05) is 11.4 Å². The summed E-state index contributed by atoms with van der Waals surface area (Å²) in [4.78, 5) is 24.7. The van der Waals surface area contributed by atoms with Crippen LogP contribution in [0.4, 0.5) is 11.4 Å². The Kier molecular flexibility index (Phi) is 8.03. The molecular weight excluding hydrogens is 430 g/mol. The van der Waals surface area contributed by atoms with Crippen LogP contribution < -0.4 is 20.1 Å². The molecule has 0 atom stereocenters. The molecule has 7 nitrogen and oxygen atoms in total. The predicted octanol–water partition coefficient (Wildman–Crippen LogP) is 4.88. The van der Waals surface area contributed by atoms with Crippen LogP contribution >= 0.6 is 0 Å². The van der Waals surface area contributed by atoms with E-state index in [9.17, 15) is 14.9 Å². The maximum Gasteiger partial charge on any atom is 0.266 e. The molecule has 34 heavy (non-hydrogen) atoms. The van der Waals surface area contributed by atoms with Crippen molar-refractivity contribution in [2.45, 2.75) is 13.8 Å². The fourth-order valence-corrected chi connectivity index (χ4v) is 3.07. The Morgan fingerprint density at radius 3 is 2.26 bits per heavy atom. The van der Waals surface area contributed by atoms with E-state index in [1.807, 2.05) is 32.0 Å². The van der Waals surface area contributed by atoms with Crippen LogP contribution in [0.15, 0.2) is 72.3 Å². The standard InChI is InChI=1S/C27H25N3O4/c1-18-5-4-6-25(19(18)2)30-27(32)21(16-28)15-20-7-11-24(12-8-20)34-17-26(31)29-22-9-13-23(33-3)14-10-22/h4-15H,17H2,1-3H3,(H,29,31)(H,30,32)/b21-15-. The molecule has 0 radical (unpaired) electrons. The van der Waals surface area contributed by atoms with Gasteiger partial charge in [-0.05, 0) is 79.1 Å². The number of hydrogen-bond acceptors (Lipinski definition) is 5. The summed E-state index contributed by atoms with van der Waals surface area (Å²) in [6.07, 6.45) is 1.50. The van der Waals surface area contributed by atoms with Crippen LogP contribution in [-0.2, 0) is 9.59 Å². The molecule has 3 aromatic carbocycles. The maximum absolute atomic E-state index is 12.6. The van der Waals surface area contributed by atoms with Crippen molar-refractivity contribution in [1.82, 2.24) is 0 Å². The molecule has 0 aliphatic heterocycles. The van der Waals surface area contributed by atoms with Gasteiger partial charge < -0.3 is 20.1 Å². The van der Waals surface area contributed by atoms with Crippen molar-refractivity contribution in [3.8, 4) is 17.6 Å². The molecule has 0 spiro atoms. The Balaban J connectivity index is 1.57. The molecular formula is C27H25N3O4. The van der Waals surface area contributed by atoms with Crippen molar-refractivity contribution in [1.29, 1.82) is 5.26 Å². The van der Waals surface area contributed by atoms with Crippen LogP contribution in [0.5, 0.6) is 11.5 Å². The van der Waals surface area contributed by atoms with E-state index in [1.54, 1.807) is 61.7 Å². The minimum absolute atomic E-state index is 0.0200. The molecule has 0 unspecified atom stereocenters. The Bertz CT molecular complexity index is 1240. The third kappa shape index (κ3) is 6.47. The Labute approximate surface area is 198 Å². The number of amides is 2. The van der Waals surface area contributed by atoms with E-state index in [4.69, 9.17) is 9.47 Å². The average Bonchev–Trinajstić information content (AvgIpc) is 2.85. The summed E-state index contributed by atoms with van der Waals surface area (Å²) in [6.45, 7) is 3.71. The van der Waals surface area contributed by atoms with Crippen LogP contribution in [0.1, 0.15) is 16.7 Å². The topological polar surface area (TPSA) is 100 Å². The zero-order valence-corrected chi connectivity index (χ0v) is 19.2. The van der Waals surface area contributed by atoms with E-state index in [1.165, 1.54) is 6.08 Å². The highest BCUT2D eigenvalue weighted by molar-refractivity contribution is 6.10. The number of nitrogens with one attached hydrogen (secondary N) is 2. The van der Waals surface area contributed by atoms with Gasteiger partial charge in [-0.1, -0.05) is 24.3 Å². The summed E-state index contributed by atoms with van der Waals surface area (Å²) in [6, 6.07) is 21.3. The van der Waals surface area contributed by atoms with Gasteiger partial charge in [0.1, 0.15) is 23.1 Å². The molecule has 0 fully saturated rings. The summed E-state index contributed by atoms with van der Waals surface area (Å²) in [5.74, 6) is 0.404. The third-order valence-electron chi connectivity index (χ3n) is 5.15. The lowest BCUT2D eigenvalue weighted by atomic mass is 10.1. The number of anilines is 2. The first-order valence-electron chi connectivity index (χ1n) is 10.6. The van der Waals surface area contributed by atoms with Crippen LogP contribution in [0.2, 0.25) is 0 Å².